The highest BCUT2D eigenvalue weighted by Crippen LogP contribution is 2.34. The fraction of sp³-hybridized carbons (Fsp3) is 0.0943. The molecule has 10 aromatic heterocycles. The van der Waals surface area contributed by atoms with Gasteiger partial charge in [-0.05, 0) is 66.7 Å². The number of para-hydroxylation sites is 2. The van der Waals surface area contributed by atoms with Crippen LogP contribution in [-0.4, -0.2) is 82.0 Å². The van der Waals surface area contributed by atoms with Crippen molar-refractivity contribution in [1.29, 1.82) is 0 Å². The highest BCUT2D eigenvalue weighted by Gasteiger charge is 2.19. The molecule has 0 saturated carbocycles. The predicted octanol–water partition coefficient (Wildman–Crippen LogP) is 10.2. The van der Waals surface area contributed by atoms with Gasteiger partial charge in [-0.1, -0.05) is 57.2 Å². The summed E-state index contributed by atoms with van der Waals surface area (Å²) in [7, 11) is 0. The van der Waals surface area contributed by atoms with E-state index in [0.29, 0.717) is 40.9 Å². The van der Waals surface area contributed by atoms with Crippen LogP contribution in [0.2, 0.25) is 0 Å². The van der Waals surface area contributed by atoms with E-state index in [0.717, 1.165) is 89.0 Å². The van der Waals surface area contributed by atoms with Crippen LogP contribution in [-0.2, 0) is 9.59 Å². The molecule has 18 heteroatoms. The standard InChI is InChI=1S/C27H22N8O.C26H20N8O/c1-15(2)27(36)31-18-10-16(12-28-14-18)17-11-20-24(34-35-25(20)30-13-17)26-32-22-8-5-6-19(23(22)33-26)21-7-3-4-9-29-21;1-2-22(35)31-21-10-9-15(13-28-21)16-12-18-24(33-34-25(18)29-14-16)26-30-20-8-5-6-17(23(20)32-26)19-7-3-4-11-27-19/h3-15H,1-2H3,(H,31,36)(H,32,33)(H,30,34,35);3-14H,2H2,1H3,(H,30,32)(H,28,31,35)(H,29,33,34). The largest absolute Gasteiger partial charge is 0.337 e. The van der Waals surface area contributed by atoms with Crippen molar-refractivity contribution >= 4 is 67.5 Å². The minimum absolute atomic E-state index is 0.0606. The fourth-order valence-corrected chi connectivity index (χ4v) is 8.06. The summed E-state index contributed by atoms with van der Waals surface area (Å²) in [6.45, 7) is 5.50. The Balaban J connectivity index is 0.000000154. The highest BCUT2D eigenvalue weighted by molar-refractivity contribution is 5.99. The van der Waals surface area contributed by atoms with E-state index >= 15 is 0 Å². The monoisotopic (exact) mass is 934 g/mol. The van der Waals surface area contributed by atoms with E-state index in [9.17, 15) is 9.59 Å². The molecule has 12 aromatic rings. The molecule has 2 amide bonds. The lowest BCUT2D eigenvalue weighted by Crippen LogP contribution is -2.17. The first-order chi connectivity index (χ1) is 34.8. The summed E-state index contributed by atoms with van der Waals surface area (Å²) >= 11 is 0. The molecule has 71 heavy (non-hydrogen) atoms. The lowest BCUT2D eigenvalue weighted by Gasteiger charge is -2.09. The summed E-state index contributed by atoms with van der Waals surface area (Å²) < 4.78 is 0. The van der Waals surface area contributed by atoms with E-state index in [1.807, 2.05) is 111 Å². The summed E-state index contributed by atoms with van der Waals surface area (Å²) in [6.07, 6.45) is 12.5. The minimum Gasteiger partial charge on any atom is -0.337 e. The Labute approximate surface area is 404 Å². The maximum absolute atomic E-state index is 12.1. The summed E-state index contributed by atoms with van der Waals surface area (Å²) in [6, 6.07) is 33.2. The molecule has 18 nitrogen and oxygen atoms in total. The first-order valence-electron chi connectivity index (χ1n) is 22.8. The van der Waals surface area contributed by atoms with Crippen LogP contribution in [0, 0.1) is 5.92 Å². The van der Waals surface area contributed by atoms with E-state index in [-0.39, 0.29) is 17.7 Å². The zero-order chi connectivity index (χ0) is 48.4. The second-order valence-electron chi connectivity index (χ2n) is 16.8. The number of hydrogen-bond acceptors (Lipinski definition) is 12. The molecule has 346 valence electrons. The van der Waals surface area contributed by atoms with Crippen LogP contribution in [0.3, 0.4) is 0 Å². The van der Waals surface area contributed by atoms with Gasteiger partial charge in [0.2, 0.25) is 11.8 Å². The number of aromatic amines is 4. The third-order valence-corrected chi connectivity index (χ3v) is 11.7. The highest BCUT2D eigenvalue weighted by atomic mass is 16.2. The van der Waals surface area contributed by atoms with Crippen molar-refractivity contribution in [3.05, 3.63) is 147 Å². The maximum atomic E-state index is 12.1. The van der Waals surface area contributed by atoms with Crippen LogP contribution < -0.4 is 10.6 Å². The molecule has 2 aromatic carbocycles. The van der Waals surface area contributed by atoms with Gasteiger partial charge in [-0.2, -0.15) is 10.2 Å². The molecule has 0 fully saturated rings. The second-order valence-corrected chi connectivity index (χ2v) is 16.8. The van der Waals surface area contributed by atoms with Crippen molar-refractivity contribution < 1.29 is 9.59 Å². The Morgan fingerprint density at radius 3 is 1.65 bits per heavy atom. The van der Waals surface area contributed by atoms with Gasteiger partial charge in [0, 0.05) is 82.9 Å². The SMILES string of the molecule is CC(C)C(=O)Nc1cncc(-c2cnc3n[nH]c(-c4nc5c(-c6ccccn6)cccc5[nH]4)c3c2)c1.CCC(=O)Nc1ccc(-c2cnc3n[nH]c(-c4nc5c(-c6ccccn6)cccc5[nH]4)c3c2)cn1. The lowest BCUT2D eigenvalue weighted by atomic mass is 10.1. The molecule has 0 aliphatic carbocycles. The smallest absolute Gasteiger partial charge is 0.226 e. The van der Waals surface area contributed by atoms with E-state index in [1.54, 1.807) is 56.4 Å². The molecule has 0 unspecified atom stereocenters. The van der Waals surface area contributed by atoms with Gasteiger partial charge in [0.1, 0.15) is 17.2 Å². The molecule has 6 N–H and O–H groups in total. The quantitative estimate of drug-likeness (QED) is 0.0749. The van der Waals surface area contributed by atoms with E-state index in [2.05, 4.69) is 70.9 Å². The number of aromatic nitrogens is 14. The number of hydrogen-bond donors (Lipinski definition) is 6. The molecule has 0 spiro atoms. The van der Waals surface area contributed by atoms with Crippen LogP contribution in [0.15, 0.2) is 147 Å². The third kappa shape index (κ3) is 8.79. The number of benzene rings is 2. The number of anilines is 2. The van der Waals surface area contributed by atoms with Gasteiger partial charge >= 0.3 is 0 Å². The Hall–Kier alpha value is -9.84. The summed E-state index contributed by atoms with van der Waals surface area (Å²) in [5.74, 6) is 1.58. The van der Waals surface area contributed by atoms with E-state index < -0.39 is 0 Å². The first-order valence-corrected chi connectivity index (χ1v) is 22.8. The molecule has 10 heterocycles. The van der Waals surface area contributed by atoms with E-state index in [4.69, 9.17) is 9.97 Å². The molecule has 12 rings (SSSR count). The second kappa shape index (κ2) is 18.7. The fourth-order valence-electron chi connectivity index (χ4n) is 8.06. The molecular formula is C53H42N16O2. The topological polar surface area (TPSA) is 250 Å². The number of carbonyl (C=O) groups is 2. The van der Waals surface area contributed by atoms with Crippen LogP contribution in [0.4, 0.5) is 11.5 Å². The third-order valence-electron chi connectivity index (χ3n) is 11.7. The van der Waals surface area contributed by atoms with Gasteiger partial charge < -0.3 is 20.6 Å². The summed E-state index contributed by atoms with van der Waals surface area (Å²) in [4.78, 5) is 67.0. The van der Waals surface area contributed by atoms with Gasteiger partial charge in [-0.15, -0.1) is 0 Å². The average Bonchev–Trinajstić information content (AvgIpc) is 4.24. The molecular weight excluding hydrogens is 893 g/mol. The number of H-pyrrole nitrogens is 4. The number of amides is 2. The van der Waals surface area contributed by atoms with Crippen LogP contribution in [0.25, 0.3) is 112 Å². The maximum Gasteiger partial charge on any atom is 0.226 e. The molecule has 0 bridgehead atoms. The van der Waals surface area contributed by atoms with Crippen LogP contribution in [0.5, 0.6) is 0 Å². The average molecular weight is 935 g/mol. The number of fused-ring (bicyclic) bond motifs is 4. The molecule has 0 saturated heterocycles. The molecule has 0 radical (unpaired) electrons. The van der Waals surface area contributed by atoms with Crippen LogP contribution in [0.1, 0.15) is 27.2 Å². The number of pyridine rings is 6. The summed E-state index contributed by atoms with van der Waals surface area (Å²) in [5, 5.41) is 22.2. The van der Waals surface area contributed by atoms with Crippen molar-refractivity contribution in [2.75, 3.05) is 10.6 Å². The number of rotatable bonds is 10. The van der Waals surface area contributed by atoms with E-state index in [1.165, 1.54) is 0 Å². The first kappa shape index (κ1) is 43.7. The lowest BCUT2D eigenvalue weighted by molar-refractivity contribution is -0.119. The molecule has 0 aliphatic rings. The predicted molar refractivity (Wildman–Crippen MR) is 273 cm³/mol. The number of carbonyl (C=O) groups excluding carboxylic acids is 2. The Morgan fingerprint density at radius 1 is 0.563 bits per heavy atom. The number of imidazole rings is 2. The van der Waals surface area contributed by atoms with Gasteiger partial charge in [-0.25, -0.2) is 24.9 Å². The zero-order valence-corrected chi connectivity index (χ0v) is 38.4. The van der Waals surface area contributed by atoms with Crippen molar-refractivity contribution in [2.24, 2.45) is 5.92 Å². The van der Waals surface area contributed by atoms with Gasteiger partial charge in [0.25, 0.3) is 0 Å². The van der Waals surface area contributed by atoms with Gasteiger partial charge in [0.05, 0.1) is 56.1 Å². The minimum atomic E-state index is -0.123. The van der Waals surface area contributed by atoms with Crippen molar-refractivity contribution in [1.82, 2.24) is 70.2 Å². The Bertz CT molecular complexity index is 3900. The zero-order valence-electron chi connectivity index (χ0n) is 38.4. The Kier molecular flexibility index (Phi) is 11.5. The van der Waals surface area contributed by atoms with Crippen molar-refractivity contribution in [3.63, 3.8) is 0 Å². The van der Waals surface area contributed by atoms with Crippen molar-refractivity contribution in [2.45, 2.75) is 27.2 Å². The Morgan fingerprint density at radius 2 is 1.13 bits per heavy atom. The molecule has 0 atom stereocenters. The summed E-state index contributed by atoms with van der Waals surface area (Å²) in [5.41, 5.74) is 13.8. The van der Waals surface area contributed by atoms with Crippen LogP contribution >= 0.6 is 0 Å². The normalized spacial score (nSPS) is 11.3. The number of nitrogens with zero attached hydrogens (tertiary/aromatic N) is 10. The number of nitrogens with one attached hydrogen (secondary N) is 6. The van der Waals surface area contributed by atoms with Gasteiger partial charge in [0.15, 0.2) is 22.9 Å². The van der Waals surface area contributed by atoms with Crippen molar-refractivity contribution in [3.8, 4) is 67.8 Å². The molecule has 0 aliphatic heterocycles. The van der Waals surface area contributed by atoms with Gasteiger partial charge in [-0.3, -0.25) is 34.7 Å².